The first-order valence-corrected chi connectivity index (χ1v) is 5.88. The van der Waals surface area contributed by atoms with E-state index in [0.717, 1.165) is 0 Å². The quantitative estimate of drug-likeness (QED) is 0.881. The molecule has 0 amide bonds. The van der Waals surface area contributed by atoms with Crippen LogP contribution in [0.4, 0.5) is 8.78 Å². The van der Waals surface area contributed by atoms with Crippen LogP contribution in [-0.2, 0) is 5.54 Å². The molecule has 0 aliphatic heterocycles. The van der Waals surface area contributed by atoms with Crippen molar-refractivity contribution in [2.24, 2.45) is 5.73 Å². The zero-order chi connectivity index (χ0) is 13.2. The van der Waals surface area contributed by atoms with Gasteiger partial charge in [0.2, 0.25) is 0 Å². The molecule has 3 heteroatoms. The summed E-state index contributed by atoms with van der Waals surface area (Å²) in [7, 11) is 0. The second-order valence-corrected chi connectivity index (χ2v) is 4.31. The van der Waals surface area contributed by atoms with Crippen LogP contribution >= 0.6 is 0 Å². The van der Waals surface area contributed by atoms with Gasteiger partial charge in [0, 0.05) is 5.56 Å². The summed E-state index contributed by atoms with van der Waals surface area (Å²) in [4.78, 5) is 0. The van der Waals surface area contributed by atoms with Gasteiger partial charge in [-0.2, -0.15) is 0 Å². The fraction of sp³-hybridized carbons (Fsp3) is 0.200. The van der Waals surface area contributed by atoms with E-state index >= 15 is 0 Å². The molecule has 2 aromatic carbocycles. The van der Waals surface area contributed by atoms with Crippen molar-refractivity contribution in [2.45, 2.75) is 18.9 Å². The van der Waals surface area contributed by atoms with Crippen molar-refractivity contribution in [1.29, 1.82) is 0 Å². The number of hydrogen-bond acceptors (Lipinski definition) is 1. The van der Waals surface area contributed by atoms with Gasteiger partial charge in [0.15, 0.2) is 0 Å². The van der Waals surface area contributed by atoms with E-state index in [4.69, 9.17) is 5.73 Å². The number of hydrogen-bond donors (Lipinski definition) is 1. The highest BCUT2D eigenvalue weighted by Crippen LogP contribution is 2.31. The van der Waals surface area contributed by atoms with E-state index in [2.05, 4.69) is 0 Å². The Balaban J connectivity index is 2.55. The molecule has 94 valence electrons. The van der Waals surface area contributed by atoms with Crippen molar-refractivity contribution in [3.63, 3.8) is 0 Å². The molecule has 0 aliphatic rings. The maximum atomic E-state index is 13.9. The second-order valence-electron chi connectivity index (χ2n) is 4.31. The Kier molecular flexibility index (Phi) is 3.43. The third-order valence-electron chi connectivity index (χ3n) is 3.27. The molecule has 0 bridgehead atoms. The van der Waals surface area contributed by atoms with Gasteiger partial charge in [0.05, 0.1) is 5.54 Å². The molecule has 1 nitrogen and oxygen atoms in total. The molecule has 1 unspecified atom stereocenters. The lowest BCUT2D eigenvalue weighted by Crippen LogP contribution is -2.38. The lowest BCUT2D eigenvalue weighted by atomic mass is 9.81. The van der Waals surface area contributed by atoms with Crippen LogP contribution in [0.2, 0.25) is 0 Å². The molecule has 0 aliphatic carbocycles. The molecule has 0 saturated carbocycles. The Labute approximate surface area is 105 Å². The van der Waals surface area contributed by atoms with Crippen molar-refractivity contribution in [3.8, 4) is 0 Å². The standard InChI is InChI=1S/C15H15F2N/c1-2-15(18,11-7-9-12(16)10-8-11)13-5-3-4-6-14(13)17/h3-10H,2,18H2,1H3. The van der Waals surface area contributed by atoms with E-state index in [1.165, 1.54) is 18.2 Å². The molecule has 2 rings (SSSR count). The molecule has 2 N–H and O–H groups in total. The monoisotopic (exact) mass is 247 g/mol. The molecule has 0 spiro atoms. The predicted octanol–water partition coefficient (Wildman–Crippen LogP) is 3.58. The van der Waals surface area contributed by atoms with Crippen LogP contribution in [0.3, 0.4) is 0 Å². The first-order chi connectivity index (χ1) is 8.58. The first-order valence-electron chi connectivity index (χ1n) is 5.88. The molecule has 0 saturated heterocycles. The third-order valence-corrected chi connectivity index (χ3v) is 3.27. The SMILES string of the molecule is CCC(N)(c1ccc(F)cc1)c1ccccc1F. The minimum Gasteiger partial charge on any atom is -0.318 e. The van der Waals surface area contributed by atoms with Crippen LogP contribution in [0.25, 0.3) is 0 Å². The molecule has 2 aromatic rings. The van der Waals surface area contributed by atoms with Gasteiger partial charge < -0.3 is 5.73 Å². The van der Waals surface area contributed by atoms with Gasteiger partial charge in [0.1, 0.15) is 11.6 Å². The normalized spacial score (nSPS) is 14.2. The first kappa shape index (κ1) is 12.7. The molecular weight excluding hydrogens is 232 g/mol. The number of benzene rings is 2. The van der Waals surface area contributed by atoms with E-state index in [1.54, 1.807) is 30.3 Å². The van der Waals surface area contributed by atoms with E-state index < -0.39 is 5.54 Å². The van der Waals surface area contributed by atoms with Crippen molar-refractivity contribution in [3.05, 3.63) is 71.3 Å². The topological polar surface area (TPSA) is 26.0 Å². The van der Waals surface area contributed by atoms with Crippen LogP contribution < -0.4 is 5.73 Å². The second kappa shape index (κ2) is 4.86. The summed E-state index contributed by atoms with van der Waals surface area (Å²) in [6.45, 7) is 1.88. The summed E-state index contributed by atoms with van der Waals surface area (Å²) in [5, 5.41) is 0. The molecule has 0 fully saturated rings. The zero-order valence-electron chi connectivity index (χ0n) is 10.2. The highest BCUT2D eigenvalue weighted by atomic mass is 19.1. The van der Waals surface area contributed by atoms with Gasteiger partial charge in [0.25, 0.3) is 0 Å². The van der Waals surface area contributed by atoms with Crippen molar-refractivity contribution in [2.75, 3.05) is 0 Å². The molecule has 0 aromatic heterocycles. The Morgan fingerprint density at radius 1 is 1.00 bits per heavy atom. The maximum Gasteiger partial charge on any atom is 0.128 e. The van der Waals surface area contributed by atoms with Crippen LogP contribution in [-0.4, -0.2) is 0 Å². The number of halogens is 2. The number of rotatable bonds is 3. The summed E-state index contributed by atoms with van der Waals surface area (Å²) < 4.78 is 26.8. The van der Waals surface area contributed by atoms with Gasteiger partial charge in [-0.05, 0) is 30.2 Å². The van der Waals surface area contributed by atoms with E-state index in [9.17, 15) is 8.78 Å². The van der Waals surface area contributed by atoms with E-state index in [0.29, 0.717) is 17.5 Å². The predicted molar refractivity (Wildman–Crippen MR) is 68.1 cm³/mol. The van der Waals surface area contributed by atoms with E-state index in [1.807, 2.05) is 6.92 Å². The largest absolute Gasteiger partial charge is 0.318 e. The average molecular weight is 247 g/mol. The van der Waals surface area contributed by atoms with Crippen molar-refractivity contribution >= 4 is 0 Å². The lowest BCUT2D eigenvalue weighted by molar-refractivity contribution is 0.478. The zero-order valence-corrected chi connectivity index (χ0v) is 10.2. The molecule has 18 heavy (non-hydrogen) atoms. The number of nitrogens with two attached hydrogens (primary N) is 1. The van der Waals surface area contributed by atoms with Crippen LogP contribution in [0.5, 0.6) is 0 Å². The Morgan fingerprint density at radius 2 is 1.61 bits per heavy atom. The van der Waals surface area contributed by atoms with Gasteiger partial charge in [-0.25, -0.2) is 8.78 Å². The van der Waals surface area contributed by atoms with Crippen molar-refractivity contribution < 1.29 is 8.78 Å². The molecular formula is C15H15F2N. The van der Waals surface area contributed by atoms with Crippen LogP contribution in [0.1, 0.15) is 24.5 Å². The smallest absolute Gasteiger partial charge is 0.128 e. The Bertz CT molecular complexity index is 536. The Morgan fingerprint density at radius 3 is 2.17 bits per heavy atom. The van der Waals surface area contributed by atoms with Crippen molar-refractivity contribution in [1.82, 2.24) is 0 Å². The fourth-order valence-electron chi connectivity index (χ4n) is 2.12. The summed E-state index contributed by atoms with van der Waals surface area (Å²) in [5.74, 6) is -0.670. The van der Waals surface area contributed by atoms with E-state index in [-0.39, 0.29) is 11.6 Å². The highest BCUT2D eigenvalue weighted by molar-refractivity contribution is 5.38. The third kappa shape index (κ3) is 2.14. The van der Waals surface area contributed by atoms with Gasteiger partial charge in [-0.3, -0.25) is 0 Å². The Hall–Kier alpha value is -1.74. The van der Waals surface area contributed by atoms with Gasteiger partial charge in [-0.15, -0.1) is 0 Å². The summed E-state index contributed by atoms with van der Waals surface area (Å²) >= 11 is 0. The minimum atomic E-state index is -0.932. The molecule has 1 atom stereocenters. The lowest BCUT2D eigenvalue weighted by Gasteiger charge is -2.29. The van der Waals surface area contributed by atoms with Crippen LogP contribution in [0, 0.1) is 11.6 Å². The van der Waals surface area contributed by atoms with Crippen LogP contribution in [0.15, 0.2) is 48.5 Å². The average Bonchev–Trinajstić information content (AvgIpc) is 2.39. The minimum absolute atomic E-state index is 0.328. The fourth-order valence-corrected chi connectivity index (χ4v) is 2.12. The summed E-state index contributed by atoms with van der Waals surface area (Å²) in [5.41, 5.74) is 6.53. The van der Waals surface area contributed by atoms with Gasteiger partial charge in [-0.1, -0.05) is 37.3 Å². The summed E-state index contributed by atoms with van der Waals surface area (Å²) in [6.07, 6.45) is 0.527. The maximum absolute atomic E-state index is 13.9. The molecule has 0 heterocycles. The van der Waals surface area contributed by atoms with Gasteiger partial charge >= 0.3 is 0 Å². The highest BCUT2D eigenvalue weighted by Gasteiger charge is 2.30. The molecule has 0 radical (unpaired) electrons. The summed E-state index contributed by atoms with van der Waals surface area (Å²) in [6, 6.07) is 12.3.